The molecule has 1 aliphatic rings. The van der Waals surface area contributed by atoms with Gasteiger partial charge < -0.3 is 10.1 Å². The third-order valence-electron chi connectivity index (χ3n) is 1.29. The van der Waals surface area contributed by atoms with Crippen LogP contribution in [-0.2, 0) is 4.74 Å². The van der Waals surface area contributed by atoms with E-state index in [0.29, 0.717) is 6.54 Å². The Morgan fingerprint density at radius 2 is 2.10 bits per heavy atom. The number of rotatable bonds is 0. The molecule has 10 heavy (non-hydrogen) atoms. The third-order valence-corrected chi connectivity index (χ3v) is 1.29. The van der Waals surface area contributed by atoms with E-state index >= 15 is 0 Å². The lowest BCUT2D eigenvalue weighted by Gasteiger charge is -2.25. The van der Waals surface area contributed by atoms with Gasteiger partial charge in [-0.05, 0) is 0 Å². The van der Waals surface area contributed by atoms with Crippen molar-refractivity contribution in [2.24, 2.45) is 0 Å². The van der Waals surface area contributed by atoms with Crippen LogP contribution in [0.2, 0.25) is 0 Å². The van der Waals surface area contributed by atoms with Gasteiger partial charge in [-0.2, -0.15) is 13.2 Å². The Hall–Kier alpha value is -0.290. The highest BCUT2D eigenvalue weighted by Crippen LogP contribution is 2.23. The van der Waals surface area contributed by atoms with Crippen molar-refractivity contribution in [3.05, 3.63) is 0 Å². The lowest BCUT2D eigenvalue weighted by molar-refractivity contribution is -0.224. The predicted octanol–water partition coefficient (Wildman–Crippen LogP) is 0.537. The summed E-state index contributed by atoms with van der Waals surface area (Å²) in [5.74, 6) is 0. The third kappa shape index (κ3) is 1.85. The molecule has 0 amide bonds. The number of ether oxygens (including phenoxy) is 1. The number of hydrogen-bond acceptors (Lipinski definition) is 2. The molecule has 5 heteroatoms. The molecular formula is C5H8F3NO. The van der Waals surface area contributed by atoms with E-state index in [1.165, 1.54) is 0 Å². The van der Waals surface area contributed by atoms with E-state index in [-0.39, 0.29) is 13.2 Å². The molecule has 1 unspecified atom stereocenters. The molecule has 0 saturated carbocycles. The van der Waals surface area contributed by atoms with Crippen molar-refractivity contribution in [2.45, 2.75) is 12.3 Å². The van der Waals surface area contributed by atoms with Gasteiger partial charge >= 0.3 is 6.18 Å². The largest absolute Gasteiger partial charge is 0.415 e. The van der Waals surface area contributed by atoms with Crippen molar-refractivity contribution < 1.29 is 17.9 Å². The maximum Gasteiger partial charge on any atom is 0.415 e. The summed E-state index contributed by atoms with van der Waals surface area (Å²) in [6.45, 7) is 0.528. The van der Waals surface area contributed by atoms with Crippen molar-refractivity contribution in [1.29, 1.82) is 0 Å². The van der Waals surface area contributed by atoms with Crippen LogP contribution >= 0.6 is 0 Å². The summed E-state index contributed by atoms with van der Waals surface area (Å²) < 4.78 is 39.8. The number of nitrogens with one attached hydrogen (secondary N) is 1. The Morgan fingerprint density at radius 3 is 2.40 bits per heavy atom. The van der Waals surface area contributed by atoms with Gasteiger partial charge in [0.05, 0.1) is 6.61 Å². The number of morpholine rings is 1. The summed E-state index contributed by atoms with van der Waals surface area (Å²) in [7, 11) is 0. The molecule has 0 spiro atoms. The van der Waals surface area contributed by atoms with Gasteiger partial charge in [-0.25, -0.2) is 0 Å². The predicted molar refractivity (Wildman–Crippen MR) is 28.7 cm³/mol. The van der Waals surface area contributed by atoms with Crippen molar-refractivity contribution in [1.82, 2.24) is 5.32 Å². The van der Waals surface area contributed by atoms with Crippen molar-refractivity contribution in [3.8, 4) is 0 Å². The summed E-state index contributed by atoms with van der Waals surface area (Å²) in [6.07, 6.45) is -5.82. The molecule has 0 aromatic heterocycles. The first kappa shape index (κ1) is 7.81. The minimum absolute atomic E-state index is 0.122. The van der Waals surface area contributed by atoms with Crippen molar-refractivity contribution in [2.75, 3.05) is 19.7 Å². The summed E-state index contributed by atoms with van der Waals surface area (Å²) in [5, 5.41) is 2.60. The van der Waals surface area contributed by atoms with Crippen LogP contribution < -0.4 is 5.32 Å². The van der Waals surface area contributed by atoms with E-state index in [1.54, 1.807) is 0 Å². The molecule has 1 saturated heterocycles. The van der Waals surface area contributed by atoms with Crippen LogP contribution in [0.4, 0.5) is 13.2 Å². The normalized spacial score (nSPS) is 28.5. The van der Waals surface area contributed by atoms with Crippen molar-refractivity contribution in [3.63, 3.8) is 0 Å². The van der Waals surface area contributed by atoms with Gasteiger partial charge in [0, 0.05) is 13.1 Å². The Kier molecular flexibility index (Phi) is 2.15. The number of hydrogen-bond donors (Lipinski definition) is 1. The molecule has 0 bridgehead atoms. The van der Waals surface area contributed by atoms with Gasteiger partial charge in [0.15, 0.2) is 6.10 Å². The molecule has 1 rings (SSSR count). The first-order valence-corrected chi connectivity index (χ1v) is 3.00. The average molecular weight is 155 g/mol. The SMILES string of the molecule is FC(F)(F)C1CNCCO1. The fourth-order valence-electron chi connectivity index (χ4n) is 0.776. The first-order chi connectivity index (χ1) is 4.61. The molecule has 0 aromatic rings. The fourth-order valence-corrected chi connectivity index (χ4v) is 0.776. The van der Waals surface area contributed by atoms with Gasteiger partial charge in [-0.1, -0.05) is 0 Å². The molecule has 0 aromatic carbocycles. The maximum atomic E-state index is 11.8. The molecule has 60 valence electrons. The van der Waals surface area contributed by atoms with Gasteiger partial charge in [0.2, 0.25) is 0 Å². The topological polar surface area (TPSA) is 21.3 Å². The van der Waals surface area contributed by atoms with Crippen LogP contribution in [0.5, 0.6) is 0 Å². The van der Waals surface area contributed by atoms with E-state index in [2.05, 4.69) is 10.1 Å². The molecule has 1 N–H and O–H groups in total. The number of halogens is 3. The molecule has 1 atom stereocenters. The minimum atomic E-state index is -4.21. The molecule has 1 fully saturated rings. The molecule has 1 aliphatic heterocycles. The van der Waals surface area contributed by atoms with Gasteiger partial charge in [-0.15, -0.1) is 0 Å². The summed E-state index contributed by atoms with van der Waals surface area (Å²) in [5.41, 5.74) is 0. The zero-order chi connectivity index (χ0) is 7.61. The van der Waals surface area contributed by atoms with Gasteiger partial charge in [-0.3, -0.25) is 0 Å². The second-order valence-electron chi connectivity index (χ2n) is 2.11. The highest BCUT2D eigenvalue weighted by molar-refractivity contribution is 4.73. The molecule has 0 aliphatic carbocycles. The van der Waals surface area contributed by atoms with Crippen LogP contribution in [0.3, 0.4) is 0 Å². The average Bonchev–Trinajstić information content (AvgIpc) is 1.88. The Labute approximate surface area is 56.4 Å². The zero-order valence-corrected chi connectivity index (χ0v) is 5.24. The Morgan fingerprint density at radius 1 is 1.40 bits per heavy atom. The standard InChI is InChI=1S/C5H8F3NO/c6-5(7,8)4-3-9-1-2-10-4/h4,9H,1-3H2. The van der Waals surface area contributed by atoms with E-state index in [0.717, 1.165) is 0 Å². The lowest BCUT2D eigenvalue weighted by Crippen LogP contribution is -2.46. The summed E-state index contributed by atoms with van der Waals surface area (Å²) in [6, 6.07) is 0. The van der Waals surface area contributed by atoms with Crippen LogP contribution in [0, 0.1) is 0 Å². The molecule has 1 heterocycles. The van der Waals surface area contributed by atoms with E-state index in [9.17, 15) is 13.2 Å². The van der Waals surface area contributed by atoms with Crippen LogP contribution in [0.15, 0.2) is 0 Å². The minimum Gasteiger partial charge on any atom is -0.366 e. The summed E-state index contributed by atoms with van der Waals surface area (Å²) >= 11 is 0. The van der Waals surface area contributed by atoms with Gasteiger partial charge in [0.1, 0.15) is 0 Å². The Bertz CT molecular complexity index is 108. The fraction of sp³-hybridized carbons (Fsp3) is 1.00. The van der Waals surface area contributed by atoms with Gasteiger partial charge in [0.25, 0.3) is 0 Å². The number of alkyl halides is 3. The molecule has 0 radical (unpaired) electrons. The van der Waals surface area contributed by atoms with Crippen LogP contribution in [0.1, 0.15) is 0 Å². The Balaban J connectivity index is 2.39. The second kappa shape index (κ2) is 2.75. The smallest absolute Gasteiger partial charge is 0.366 e. The van der Waals surface area contributed by atoms with Crippen LogP contribution in [-0.4, -0.2) is 32.0 Å². The maximum absolute atomic E-state index is 11.8. The quantitative estimate of drug-likeness (QED) is 0.551. The molecule has 2 nitrogen and oxygen atoms in total. The summed E-state index contributed by atoms with van der Waals surface area (Å²) in [4.78, 5) is 0. The van der Waals surface area contributed by atoms with Crippen LogP contribution in [0.25, 0.3) is 0 Å². The first-order valence-electron chi connectivity index (χ1n) is 3.00. The zero-order valence-electron chi connectivity index (χ0n) is 5.24. The van der Waals surface area contributed by atoms with E-state index in [4.69, 9.17) is 0 Å². The van der Waals surface area contributed by atoms with Crippen molar-refractivity contribution >= 4 is 0 Å². The van der Waals surface area contributed by atoms with E-state index in [1.807, 2.05) is 0 Å². The van der Waals surface area contributed by atoms with E-state index < -0.39 is 12.3 Å². The highest BCUT2D eigenvalue weighted by Gasteiger charge is 2.41. The molecular weight excluding hydrogens is 147 g/mol. The highest BCUT2D eigenvalue weighted by atomic mass is 19.4. The monoisotopic (exact) mass is 155 g/mol. The lowest BCUT2D eigenvalue weighted by atomic mass is 10.3. The second-order valence-corrected chi connectivity index (χ2v) is 2.11.